The minimum absolute atomic E-state index is 0.0204. The van der Waals surface area contributed by atoms with Gasteiger partial charge >= 0.3 is 5.97 Å². The van der Waals surface area contributed by atoms with Crippen molar-refractivity contribution in [2.75, 3.05) is 0 Å². The number of hydrogen-bond donors (Lipinski definition) is 4. The molecule has 0 spiro atoms. The normalized spacial score (nSPS) is 29.4. The summed E-state index contributed by atoms with van der Waals surface area (Å²) in [6, 6.07) is 17.0. The van der Waals surface area contributed by atoms with E-state index in [1.165, 1.54) is 11.1 Å². The zero-order valence-electron chi connectivity index (χ0n) is 16.5. The second-order valence-electron chi connectivity index (χ2n) is 7.91. The van der Waals surface area contributed by atoms with Gasteiger partial charge in [0.25, 0.3) is 0 Å². The van der Waals surface area contributed by atoms with Crippen LogP contribution < -0.4 is 16.2 Å². The summed E-state index contributed by atoms with van der Waals surface area (Å²) in [6.45, 7) is 4.28. The lowest BCUT2D eigenvalue weighted by Crippen LogP contribution is -2.53. The van der Waals surface area contributed by atoms with E-state index in [0.29, 0.717) is 6.42 Å². The minimum Gasteiger partial charge on any atom is -0.481 e. The molecule has 5 nitrogen and oxygen atoms in total. The summed E-state index contributed by atoms with van der Waals surface area (Å²) >= 11 is 0. The van der Waals surface area contributed by atoms with Gasteiger partial charge in [-0.1, -0.05) is 62.4 Å². The molecule has 5 unspecified atom stereocenters. The molecular formula is C23H29N3O2. The zero-order valence-corrected chi connectivity index (χ0v) is 16.5. The van der Waals surface area contributed by atoms with Gasteiger partial charge in [-0.05, 0) is 41.5 Å². The highest BCUT2D eigenvalue weighted by Crippen LogP contribution is 2.42. The first-order valence-corrected chi connectivity index (χ1v) is 10.3. The van der Waals surface area contributed by atoms with Crippen molar-refractivity contribution in [2.24, 2.45) is 11.8 Å². The number of hydrogen-bond acceptors (Lipinski definition) is 4. The van der Waals surface area contributed by atoms with Gasteiger partial charge in [0.05, 0.1) is 18.1 Å². The maximum absolute atomic E-state index is 12.2. The van der Waals surface area contributed by atoms with Crippen molar-refractivity contribution >= 4 is 5.97 Å². The second-order valence-corrected chi connectivity index (χ2v) is 7.91. The smallest absolute Gasteiger partial charge is 0.307 e. The summed E-state index contributed by atoms with van der Waals surface area (Å²) in [5, 5.41) is 13.6. The van der Waals surface area contributed by atoms with E-state index in [4.69, 9.17) is 0 Å². The molecule has 4 rings (SSSR count). The quantitative estimate of drug-likeness (QED) is 0.641. The van der Waals surface area contributed by atoms with Crippen molar-refractivity contribution in [3.05, 3.63) is 70.8 Å². The first-order valence-electron chi connectivity index (χ1n) is 10.3. The van der Waals surface area contributed by atoms with Crippen LogP contribution in [0.3, 0.4) is 0 Å². The number of piperidine rings is 1. The topological polar surface area (TPSA) is 73.4 Å². The van der Waals surface area contributed by atoms with E-state index in [0.717, 1.165) is 24.0 Å². The van der Waals surface area contributed by atoms with Gasteiger partial charge in [0.1, 0.15) is 0 Å². The van der Waals surface area contributed by atoms with Crippen molar-refractivity contribution < 1.29 is 9.90 Å². The van der Waals surface area contributed by atoms with Crippen molar-refractivity contribution in [1.29, 1.82) is 0 Å². The average molecular weight is 380 g/mol. The van der Waals surface area contributed by atoms with Crippen molar-refractivity contribution in [1.82, 2.24) is 16.2 Å². The highest BCUT2D eigenvalue weighted by molar-refractivity contribution is 5.71. The van der Waals surface area contributed by atoms with Crippen LogP contribution in [0.1, 0.15) is 54.6 Å². The molecule has 28 heavy (non-hydrogen) atoms. The molecule has 148 valence electrons. The number of aryl methyl sites for hydroxylation is 2. The number of aliphatic carboxylic acids is 1. The van der Waals surface area contributed by atoms with E-state index in [1.54, 1.807) is 0 Å². The first kappa shape index (κ1) is 19.1. The van der Waals surface area contributed by atoms with Crippen molar-refractivity contribution in [3.63, 3.8) is 0 Å². The fourth-order valence-electron chi connectivity index (χ4n) is 4.63. The first-order chi connectivity index (χ1) is 13.6. The molecule has 0 saturated carbocycles. The number of nitrogens with one attached hydrogen (secondary N) is 3. The molecule has 0 amide bonds. The van der Waals surface area contributed by atoms with Crippen LogP contribution in [0.2, 0.25) is 0 Å². The van der Waals surface area contributed by atoms with Crippen molar-refractivity contribution in [2.45, 2.75) is 51.4 Å². The number of carboxylic acids is 1. The molecule has 5 atom stereocenters. The Hall–Kier alpha value is -2.21. The average Bonchev–Trinajstić information content (AvgIpc) is 3.17. The SMILES string of the molecule is CCc1ccc(C2CC(C(=O)O)C3C(NNC3c3ccc(CC)cc3)N2)cc1. The van der Waals surface area contributed by atoms with Crippen LogP contribution in [-0.2, 0) is 17.6 Å². The summed E-state index contributed by atoms with van der Waals surface area (Å²) in [4.78, 5) is 12.2. The van der Waals surface area contributed by atoms with Crippen LogP contribution in [-0.4, -0.2) is 17.2 Å². The molecule has 2 aromatic carbocycles. The maximum Gasteiger partial charge on any atom is 0.307 e. The molecule has 0 aromatic heterocycles. The Bertz CT molecular complexity index is 819. The molecule has 2 aliphatic rings. The molecule has 2 heterocycles. The van der Waals surface area contributed by atoms with Gasteiger partial charge in [-0.25, -0.2) is 10.9 Å². The van der Waals surface area contributed by atoms with Gasteiger partial charge in [0.2, 0.25) is 0 Å². The number of fused-ring (bicyclic) bond motifs is 1. The molecule has 0 aliphatic carbocycles. The van der Waals surface area contributed by atoms with Gasteiger partial charge in [0, 0.05) is 12.0 Å². The molecular weight excluding hydrogens is 350 g/mol. The molecule has 4 N–H and O–H groups in total. The predicted octanol–water partition coefficient (Wildman–Crippen LogP) is 3.34. The minimum atomic E-state index is -0.715. The standard InChI is InChI=1S/C23H29N3O2/c1-3-14-5-9-16(10-6-14)19-13-18(23(27)28)20-21(25-26-22(20)24-19)17-11-7-15(4-2)8-12-17/h5-12,18-22,24-26H,3-4,13H2,1-2H3,(H,27,28). The van der Waals surface area contributed by atoms with Gasteiger partial charge < -0.3 is 5.11 Å². The van der Waals surface area contributed by atoms with E-state index in [9.17, 15) is 9.90 Å². The summed E-state index contributed by atoms with van der Waals surface area (Å²) in [5.74, 6) is -1.18. The lowest BCUT2D eigenvalue weighted by Gasteiger charge is -2.39. The number of carboxylic acid groups (broad SMARTS) is 1. The number of rotatable bonds is 5. The van der Waals surface area contributed by atoms with Crippen LogP contribution >= 0.6 is 0 Å². The van der Waals surface area contributed by atoms with E-state index < -0.39 is 11.9 Å². The largest absolute Gasteiger partial charge is 0.481 e. The van der Waals surface area contributed by atoms with E-state index in [2.05, 4.69) is 78.5 Å². The van der Waals surface area contributed by atoms with E-state index >= 15 is 0 Å². The highest BCUT2D eigenvalue weighted by atomic mass is 16.4. The Kier molecular flexibility index (Phi) is 5.49. The van der Waals surface area contributed by atoms with Crippen LogP contribution in [0.5, 0.6) is 0 Å². The molecule has 5 heteroatoms. The van der Waals surface area contributed by atoms with Crippen LogP contribution in [0.4, 0.5) is 0 Å². The molecule has 2 saturated heterocycles. The monoisotopic (exact) mass is 379 g/mol. The molecule has 0 bridgehead atoms. The number of hydrazine groups is 1. The van der Waals surface area contributed by atoms with Gasteiger partial charge in [-0.3, -0.25) is 10.1 Å². The van der Waals surface area contributed by atoms with Crippen LogP contribution in [0, 0.1) is 11.8 Å². The summed E-state index contributed by atoms with van der Waals surface area (Å²) in [5.41, 5.74) is 11.5. The summed E-state index contributed by atoms with van der Waals surface area (Å²) < 4.78 is 0. The molecule has 0 radical (unpaired) electrons. The summed E-state index contributed by atoms with van der Waals surface area (Å²) in [7, 11) is 0. The predicted molar refractivity (Wildman–Crippen MR) is 110 cm³/mol. The molecule has 2 aliphatic heterocycles. The number of carbonyl (C=O) groups is 1. The second kappa shape index (κ2) is 8.03. The summed E-state index contributed by atoms with van der Waals surface area (Å²) in [6.07, 6.45) is 2.52. The van der Waals surface area contributed by atoms with Gasteiger partial charge in [0.15, 0.2) is 0 Å². The Morgan fingerprint density at radius 2 is 1.50 bits per heavy atom. The Morgan fingerprint density at radius 1 is 0.929 bits per heavy atom. The Balaban J connectivity index is 1.58. The fraction of sp³-hybridized carbons (Fsp3) is 0.435. The molecule has 2 aromatic rings. The third kappa shape index (κ3) is 3.58. The highest BCUT2D eigenvalue weighted by Gasteiger charge is 2.49. The third-order valence-corrected chi connectivity index (χ3v) is 6.35. The molecule has 2 fully saturated rings. The fourth-order valence-corrected chi connectivity index (χ4v) is 4.63. The van der Waals surface area contributed by atoms with Crippen LogP contribution in [0.25, 0.3) is 0 Å². The van der Waals surface area contributed by atoms with Gasteiger partial charge in [-0.2, -0.15) is 0 Å². The van der Waals surface area contributed by atoms with E-state index in [-0.39, 0.29) is 24.2 Å². The zero-order chi connectivity index (χ0) is 19.7. The Labute approximate surface area is 166 Å². The van der Waals surface area contributed by atoms with Crippen molar-refractivity contribution in [3.8, 4) is 0 Å². The van der Waals surface area contributed by atoms with E-state index in [1.807, 2.05) is 0 Å². The van der Waals surface area contributed by atoms with Gasteiger partial charge in [-0.15, -0.1) is 0 Å². The van der Waals surface area contributed by atoms with Crippen LogP contribution in [0.15, 0.2) is 48.5 Å². The lowest BCUT2D eigenvalue weighted by molar-refractivity contribution is -0.146. The third-order valence-electron chi connectivity index (χ3n) is 6.35. The lowest BCUT2D eigenvalue weighted by atomic mass is 9.74. The Morgan fingerprint density at radius 3 is 2.04 bits per heavy atom. The number of benzene rings is 2. The maximum atomic E-state index is 12.2.